The van der Waals surface area contributed by atoms with Gasteiger partial charge in [-0.2, -0.15) is 0 Å². The van der Waals surface area contributed by atoms with Gasteiger partial charge in [0.1, 0.15) is 11.5 Å². The van der Waals surface area contributed by atoms with Crippen molar-refractivity contribution in [2.24, 2.45) is 0 Å². The molecule has 0 bridgehead atoms. The van der Waals surface area contributed by atoms with E-state index < -0.39 is 5.97 Å². The fourth-order valence-electron chi connectivity index (χ4n) is 0.949. The minimum Gasteiger partial charge on any atom is -0.508 e. The van der Waals surface area contributed by atoms with E-state index in [1.165, 1.54) is 25.1 Å². The van der Waals surface area contributed by atoms with Gasteiger partial charge in [-0.05, 0) is 25.1 Å². The minimum absolute atomic E-state index is 0.0624. The number of hydrogen-bond donors (Lipinski definition) is 3. The van der Waals surface area contributed by atoms with E-state index in [4.69, 9.17) is 10.2 Å². The van der Waals surface area contributed by atoms with E-state index >= 15 is 0 Å². The molecular formula is C10H10O4. The summed E-state index contributed by atoms with van der Waals surface area (Å²) in [5, 5.41) is 26.9. The number of hydrogen-bond acceptors (Lipinski definition) is 3. The molecule has 0 aliphatic carbocycles. The van der Waals surface area contributed by atoms with Crippen molar-refractivity contribution in [1.29, 1.82) is 0 Å². The summed E-state index contributed by atoms with van der Waals surface area (Å²) in [4.78, 5) is 10.5. The van der Waals surface area contributed by atoms with Gasteiger partial charge >= 0.3 is 5.97 Å². The minimum atomic E-state index is -1.04. The number of phenolic OH excluding ortho intramolecular Hbond substituents is 2. The summed E-state index contributed by atoms with van der Waals surface area (Å²) in [6.45, 7) is 1.43. The van der Waals surface area contributed by atoms with Crippen molar-refractivity contribution in [3.8, 4) is 11.5 Å². The Morgan fingerprint density at radius 2 is 2.00 bits per heavy atom. The van der Waals surface area contributed by atoms with Crippen molar-refractivity contribution in [2.75, 3.05) is 0 Å². The highest BCUT2D eigenvalue weighted by molar-refractivity contribution is 5.91. The van der Waals surface area contributed by atoms with Crippen LogP contribution in [0.25, 0.3) is 6.08 Å². The smallest absolute Gasteiger partial charge is 0.331 e. The van der Waals surface area contributed by atoms with Crippen LogP contribution in [0.1, 0.15) is 12.5 Å². The lowest BCUT2D eigenvalue weighted by Gasteiger charge is -2.00. The van der Waals surface area contributed by atoms with Gasteiger partial charge in [0.15, 0.2) is 0 Å². The van der Waals surface area contributed by atoms with Crippen molar-refractivity contribution in [3.63, 3.8) is 0 Å². The molecule has 0 radical (unpaired) electrons. The van der Waals surface area contributed by atoms with Crippen LogP contribution in [-0.2, 0) is 4.79 Å². The van der Waals surface area contributed by atoms with Crippen molar-refractivity contribution < 1.29 is 20.1 Å². The highest BCUT2D eigenvalue weighted by Gasteiger charge is 2.03. The molecule has 3 N–H and O–H groups in total. The van der Waals surface area contributed by atoms with Gasteiger partial charge in [0.2, 0.25) is 0 Å². The Balaban J connectivity index is 3.09. The second kappa shape index (κ2) is 3.83. The number of aliphatic carboxylic acids is 1. The summed E-state index contributed by atoms with van der Waals surface area (Å²) in [6.07, 6.45) is 1.33. The Morgan fingerprint density at radius 1 is 1.36 bits per heavy atom. The fraction of sp³-hybridized carbons (Fsp3) is 0.100. The maximum atomic E-state index is 10.5. The van der Waals surface area contributed by atoms with Crippen LogP contribution in [0, 0.1) is 0 Å². The summed E-state index contributed by atoms with van der Waals surface area (Å²) >= 11 is 0. The molecule has 0 unspecified atom stereocenters. The molecule has 0 fully saturated rings. The van der Waals surface area contributed by atoms with E-state index in [0.29, 0.717) is 5.56 Å². The van der Waals surface area contributed by atoms with Gasteiger partial charge in [-0.25, -0.2) is 4.79 Å². The Kier molecular flexibility index (Phi) is 2.76. The molecule has 0 amide bonds. The van der Waals surface area contributed by atoms with Crippen LogP contribution in [0.2, 0.25) is 0 Å². The molecule has 0 aromatic heterocycles. The molecule has 1 aromatic rings. The molecule has 0 atom stereocenters. The topological polar surface area (TPSA) is 77.8 Å². The Morgan fingerprint density at radius 3 is 2.50 bits per heavy atom. The van der Waals surface area contributed by atoms with Gasteiger partial charge < -0.3 is 15.3 Å². The summed E-state index contributed by atoms with van der Waals surface area (Å²) in [5.74, 6) is -1.25. The Labute approximate surface area is 80.7 Å². The highest BCUT2D eigenvalue weighted by Crippen LogP contribution is 2.24. The highest BCUT2D eigenvalue weighted by atomic mass is 16.4. The molecule has 1 rings (SSSR count). The number of aromatic hydroxyl groups is 2. The molecule has 1 aromatic carbocycles. The van der Waals surface area contributed by atoms with Crippen molar-refractivity contribution in [1.82, 2.24) is 0 Å². The average molecular weight is 194 g/mol. The number of carbonyl (C=O) groups is 1. The standard InChI is InChI=1S/C10H10O4/c1-6(10(13)14)4-7-2-3-8(11)5-9(7)12/h2-5,11-12H,1H3,(H,13,14)/b6-4-. The molecule has 0 spiro atoms. The predicted molar refractivity (Wildman–Crippen MR) is 51.1 cm³/mol. The quantitative estimate of drug-likeness (QED) is 0.624. The van der Waals surface area contributed by atoms with Crippen molar-refractivity contribution >= 4 is 12.0 Å². The third-order valence-electron chi connectivity index (χ3n) is 1.72. The van der Waals surface area contributed by atoms with E-state index in [2.05, 4.69) is 0 Å². The first kappa shape index (κ1) is 10.1. The monoisotopic (exact) mass is 194 g/mol. The van der Waals surface area contributed by atoms with Crippen LogP contribution in [-0.4, -0.2) is 21.3 Å². The lowest BCUT2D eigenvalue weighted by molar-refractivity contribution is -0.132. The normalized spacial score (nSPS) is 11.4. The van der Waals surface area contributed by atoms with E-state index in [1.807, 2.05) is 0 Å². The zero-order valence-corrected chi connectivity index (χ0v) is 7.56. The number of carboxylic acid groups (broad SMARTS) is 1. The molecule has 4 heteroatoms. The molecule has 0 saturated carbocycles. The van der Waals surface area contributed by atoms with Crippen LogP contribution in [0.5, 0.6) is 11.5 Å². The second-order valence-electron chi connectivity index (χ2n) is 2.88. The lowest BCUT2D eigenvalue weighted by atomic mass is 10.1. The number of benzene rings is 1. The van der Waals surface area contributed by atoms with Crippen LogP contribution in [0.3, 0.4) is 0 Å². The summed E-state index contributed by atoms with van der Waals surface area (Å²) in [6, 6.07) is 3.97. The number of rotatable bonds is 2. The molecule has 14 heavy (non-hydrogen) atoms. The van der Waals surface area contributed by atoms with Gasteiger partial charge in [0.25, 0.3) is 0 Å². The molecule has 4 nitrogen and oxygen atoms in total. The van der Waals surface area contributed by atoms with Gasteiger partial charge in [-0.15, -0.1) is 0 Å². The Bertz CT molecular complexity index is 393. The van der Waals surface area contributed by atoms with Crippen LogP contribution in [0.4, 0.5) is 0 Å². The lowest BCUT2D eigenvalue weighted by Crippen LogP contribution is -1.95. The van der Waals surface area contributed by atoms with Crippen molar-refractivity contribution in [2.45, 2.75) is 6.92 Å². The Hall–Kier alpha value is -1.97. The predicted octanol–water partition coefficient (Wildman–Crippen LogP) is 1.59. The molecule has 0 heterocycles. The molecular weight excluding hydrogens is 184 g/mol. The van der Waals surface area contributed by atoms with E-state index in [-0.39, 0.29) is 17.1 Å². The first-order valence-corrected chi connectivity index (χ1v) is 3.94. The zero-order chi connectivity index (χ0) is 10.7. The average Bonchev–Trinajstić information content (AvgIpc) is 2.09. The van der Waals surface area contributed by atoms with Crippen LogP contribution >= 0.6 is 0 Å². The van der Waals surface area contributed by atoms with Crippen LogP contribution in [0.15, 0.2) is 23.8 Å². The van der Waals surface area contributed by atoms with Gasteiger partial charge in [-0.1, -0.05) is 0 Å². The van der Waals surface area contributed by atoms with Crippen molar-refractivity contribution in [3.05, 3.63) is 29.3 Å². The SMILES string of the molecule is C/C(=C/c1ccc(O)cc1O)C(=O)O. The summed E-state index contributed by atoms with van der Waals surface area (Å²) in [7, 11) is 0. The van der Waals surface area contributed by atoms with Gasteiger partial charge in [0.05, 0.1) is 0 Å². The molecule has 0 saturated heterocycles. The van der Waals surface area contributed by atoms with E-state index in [9.17, 15) is 9.90 Å². The summed E-state index contributed by atoms with van der Waals surface area (Å²) in [5.41, 5.74) is 0.480. The molecule has 74 valence electrons. The third kappa shape index (κ3) is 2.26. The fourth-order valence-corrected chi connectivity index (χ4v) is 0.949. The maximum absolute atomic E-state index is 10.5. The second-order valence-corrected chi connectivity index (χ2v) is 2.88. The third-order valence-corrected chi connectivity index (χ3v) is 1.72. The summed E-state index contributed by atoms with van der Waals surface area (Å²) < 4.78 is 0. The largest absolute Gasteiger partial charge is 0.508 e. The maximum Gasteiger partial charge on any atom is 0.331 e. The molecule has 0 aliphatic heterocycles. The first-order valence-electron chi connectivity index (χ1n) is 3.94. The van der Waals surface area contributed by atoms with Gasteiger partial charge in [0, 0.05) is 17.2 Å². The zero-order valence-electron chi connectivity index (χ0n) is 7.56. The van der Waals surface area contributed by atoms with Gasteiger partial charge in [-0.3, -0.25) is 0 Å². The molecule has 0 aliphatic rings. The number of carboxylic acids is 1. The van der Waals surface area contributed by atoms with Crippen LogP contribution < -0.4 is 0 Å². The number of phenols is 2. The van der Waals surface area contributed by atoms with E-state index in [0.717, 1.165) is 6.07 Å². The van der Waals surface area contributed by atoms with E-state index in [1.54, 1.807) is 0 Å². The first-order chi connectivity index (χ1) is 6.50.